The first-order valence-corrected chi connectivity index (χ1v) is 12.3. The Balaban J connectivity index is 1.35. The van der Waals surface area contributed by atoms with Crippen molar-refractivity contribution in [3.63, 3.8) is 0 Å². The van der Waals surface area contributed by atoms with Crippen LogP contribution >= 0.6 is 22.9 Å². The number of carbonyl (C=O) groups excluding carboxylic acids is 2. The van der Waals surface area contributed by atoms with Crippen molar-refractivity contribution in [3.8, 4) is 10.4 Å². The third kappa shape index (κ3) is 4.80. The first kappa shape index (κ1) is 22.0. The predicted molar refractivity (Wildman–Crippen MR) is 127 cm³/mol. The molecule has 1 atom stereocenters. The summed E-state index contributed by atoms with van der Waals surface area (Å²) in [4.78, 5) is 33.5. The van der Waals surface area contributed by atoms with Crippen molar-refractivity contribution < 1.29 is 14.0 Å². The lowest BCUT2D eigenvalue weighted by Gasteiger charge is -2.24. The smallest absolute Gasteiger partial charge is 0.274 e. The lowest BCUT2D eigenvalue weighted by atomic mass is 10.1. The Morgan fingerprint density at radius 3 is 2.67 bits per heavy atom. The standard InChI is InChI=1S/C25H23ClFN3O2S/c26-18-4-1-3-17(13-18)23(31)28-14-20-5-2-12-30(20)25(32)21-22(15-8-10-19(27)11-9-15)33-24(29-21)16-6-7-16/h1,3-4,8-11,13,16,20H,2,5-7,12,14H2,(H,28,31). The van der Waals surface area contributed by atoms with E-state index in [0.29, 0.717) is 35.3 Å². The maximum absolute atomic E-state index is 13.6. The van der Waals surface area contributed by atoms with Crippen LogP contribution in [0.5, 0.6) is 0 Å². The van der Waals surface area contributed by atoms with Gasteiger partial charge in [0.15, 0.2) is 0 Å². The zero-order valence-electron chi connectivity index (χ0n) is 17.9. The number of aromatic nitrogens is 1. The highest BCUT2D eigenvalue weighted by molar-refractivity contribution is 7.15. The molecular formula is C25H23ClFN3O2S. The molecule has 0 radical (unpaired) electrons. The third-order valence-electron chi connectivity index (χ3n) is 6.10. The molecule has 1 aliphatic carbocycles. The molecule has 170 valence electrons. The fourth-order valence-electron chi connectivity index (χ4n) is 4.18. The Morgan fingerprint density at radius 1 is 1.15 bits per heavy atom. The molecule has 8 heteroatoms. The Bertz CT molecular complexity index is 1190. The number of hydrogen-bond donors (Lipinski definition) is 1. The number of amides is 2. The van der Waals surface area contributed by atoms with E-state index < -0.39 is 0 Å². The van der Waals surface area contributed by atoms with Crippen LogP contribution in [0.4, 0.5) is 4.39 Å². The topological polar surface area (TPSA) is 62.3 Å². The fourth-order valence-corrected chi connectivity index (χ4v) is 5.60. The quantitative estimate of drug-likeness (QED) is 0.502. The van der Waals surface area contributed by atoms with Gasteiger partial charge in [-0.05, 0) is 61.6 Å². The molecule has 1 N–H and O–H groups in total. The average Bonchev–Trinajstić information content (AvgIpc) is 3.39. The van der Waals surface area contributed by atoms with Crippen molar-refractivity contribution in [3.05, 3.63) is 75.6 Å². The van der Waals surface area contributed by atoms with Gasteiger partial charge in [-0.1, -0.05) is 29.8 Å². The van der Waals surface area contributed by atoms with E-state index in [-0.39, 0.29) is 23.7 Å². The van der Waals surface area contributed by atoms with Crippen LogP contribution in [-0.4, -0.2) is 40.8 Å². The Kier molecular flexibility index (Phi) is 6.17. The monoisotopic (exact) mass is 483 g/mol. The van der Waals surface area contributed by atoms with Crippen LogP contribution < -0.4 is 5.32 Å². The van der Waals surface area contributed by atoms with Gasteiger partial charge >= 0.3 is 0 Å². The molecular weight excluding hydrogens is 461 g/mol. The molecule has 1 aromatic heterocycles. The van der Waals surface area contributed by atoms with Crippen LogP contribution in [-0.2, 0) is 0 Å². The van der Waals surface area contributed by atoms with E-state index in [1.807, 2.05) is 4.90 Å². The van der Waals surface area contributed by atoms with E-state index in [2.05, 4.69) is 5.32 Å². The second-order valence-electron chi connectivity index (χ2n) is 8.53. The molecule has 0 spiro atoms. The van der Waals surface area contributed by atoms with E-state index in [4.69, 9.17) is 16.6 Å². The average molecular weight is 484 g/mol. The maximum atomic E-state index is 13.6. The predicted octanol–water partition coefficient (Wildman–Crippen LogP) is 5.51. The Labute approximate surface area is 200 Å². The molecule has 5 rings (SSSR count). The second kappa shape index (κ2) is 9.23. The number of carbonyl (C=O) groups is 2. The zero-order valence-corrected chi connectivity index (χ0v) is 19.5. The van der Waals surface area contributed by atoms with Gasteiger partial charge in [-0.3, -0.25) is 9.59 Å². The summed E-state index contributed by atoms with van der Waals surface area (Å²) >= 11 is 7.52. The summed E-state index contributed by atoms with van der Waals surface area (Å²) in [5, 5.41) is 4.42. The third-order valence-corrected chi connectivity index (χ3v) is 7.60. The lowest BCUT2D eigenvalue weighted by Crippen LogP contribution is -2.43. The highest BCUT2D eigenvalue weighted by atomic mass is 35.5. The van der Waals surface area contributed by atoms with Gasteiger partial charge in [0, 0.05) is 35.6 Å². The number of nitrogens with one attached hydrogen (secondary N) is 1. The van der Waals surface area contributed by atoms with Crippen LogP contribution in [0.1, 0.15) is 57.5 Å². The minimum atomic E-state index is -0.311. The van der Waals surface area contributed by atoms with E-state index in [0.717, 1.165) is 41.1 Å². The van der Waals surface area contributed by atoms with Gasteiger partial charge in [-0.15, -0.1) is 11.3 Å². The molecule has 2 aliphatic rings. The minimum absolute atomic E-state index is 0.104. The highest BCUT2D eigenvalue weighted by Gasteiger charge is 2.35. The van der Waals surface area contributed by atoms with E-state index in [1.54, 1.807) is 36.4 Å². The number of nitrogens with zero attached hydrogens (tertiary/aromatic N) is 2. The highest BCUT2D eigenvalue weighted by Crippen LogP contribution is 2.45. The molecule has 2 aromatic carbocycles. The van der Waals surface area contributed by atoms with Gasteiger partial charge in [-0.2, -0.15) is 0 Å². The van der Waals surface area contributed by atoms with Crippen molar-refractivity contribution in [2.75, 3.05) is 13.1 Å². The van der Waals surface area contributed by atoms with Crippen molar-refractivity contribution in [2.24, 2.45) is 0 Å². The van der Waals surface area contributed by atoms with Gasteiger partial charge in [0.2, 0.25) is 0 Å². The van der Waals surface area contributed by atoms with Crippen molar-refractivity contribution in [2.45, 2.75) is 37.6 Å². The number of likely N-dealkylation sites (tertiary alicyclic amines) is 1. The lowest BCUT2D eigenvalue weighted by molar-refractivity contribution is 0.0721. The molecule has 3 aromatic rings. The number of halogens is 2. The van der Waals surface area contributed by atoms with Gasteiger partial charge in [0.05, 0.1) is 9.88 Å². The van der Waals surface area contributed by atoms with Gasteiger partial charge in [0.25, 0.3) is 11.8 Å². The van der Waals surface area contributed by atoms with Gasteiger partial charge < -0.3 is 10.2 Å². The van der Waals surface area contributed by atoms with Crippen molar-refractivity contribution in [1.82, 2.24) is 15.2 Å². The minimum Gasteiger partial charge on any atom is -0.350 e. The largest absolute Gasteiger partial charge is 0.350 e. The summed E-state index contributed by atoms with van der Waals surface area (Å²) in [6.07, 6.45) is 3.86. The second-order valence-corrected chi connectivity index (χ2v) is 9.99. The summed E-state index contributed by atoms with van der Waals surface area (Å²) in [5.41, 5.74) is 1.72. The van der Waals surface area contributed by atoms with Crippen LogP contribution in [0, 0.1) is 5.82 Å². The molecule has 1 unspecified atom stereocenters. The molecule has 1 aliphatic heterocycles. The van der Waals surface area contributed by atoms with Crippen molar-refractivity contribution in [1.29, 1.82) is 0 Å². The normalized spacial score (nSPS) is 17.9. The molecule has 33 heavy (non-hydrogen) atoms. The molecule has 2 fully saturated rings. The number of hydrogen-bond acceptors (Lipinski definition) is 4. The molecule has 2 heterocycles. The summed E-state index contributed by atoms with van der Waals surface area (Å²) in [6.45, 7) is 0.984. The first-order valence-electron chi connectivity index (χ1n) is 11.1. The maximum Gasteiger partial charge on any atom is 0.274 e. The number of benzene rings is 2. The summed E-state index contributed by atoms with van der Waals surface area (Å²) in [5.74, 6) is -0.235. The SMILES string of the molecule is O=C(NCC1CCCN1C(=O)c1nc(C2CC2)sc1-c1ccc(F)cc1)c1cccc(Cl)c1. The van der Waals surface area contributed by atoms with E-state index in [1.165, 1.54) is 23.5 Å². The van der Waals surface area contributed by atoms with Crippen molar-refractivity contribution >= 4 is 34.8 Å². The molecule has 1 saturated heterocycles. The Morgan fingerprint density at radius 2 is 1.94 bits per heavy atom. The summed E-state index contributed by atoms with van der Waals surface area (Å²) < 4.78 is 13.5. The van der Waals surface area contributed by atoms with Gasteiger partial charge in [0.1, 0.15) is 11.5 Å². The Hall–Kier alpha value is -2.77. The van der Waals surface area contributed by atoms with Crippen LogP contribution in [0.2, 0.25) is 5.02 Å². The van der Waals surface area contributed by atoms with E-state index in [9.17, 15) is 14.0 Å². The first-order chi connectivity index (χ1) is 16.0. The fraction of sp³-hybridized carbons (Fsp3) is 0.320. The number of rotatable bonds is 6. The van der Waals surface area contributed by atoms with Crippen LogP contribution in [0.3, 0.4) is 0 Å². The number of thiazole rings is 1. The molecule has 0 bridgehead atoms. The summed E-state index contributed by atoms with van der Waals surface area (Å²) in [6, 6.07) is 12.9. The van der Waals surface area contributed by atoms with Crippen LogP contribution in [0.25, 0.3) is 10.4 Å². The molecule has 2 amide bonds. The van der Waals surface area contributed by atoms with Gasteiger partial charge in [-0.25, -0.2) is 9.37 Å². The summed E-state index contributed by atoms with van der Waals surface area (Å²) in [7, 11) is 0. The molecule has 5 nitrogen and oxygen atoms in total. The molecule has 1 saturated carbocycles. The van der Waals surface area contributed by atoms with E-state index >= 15 is 0 Å². The van der Waals surface area contributed by atoms with Crippen LogP contribution in [0.15, 0.2) is 48.5 Å². The zero-order chi connectivity index (χ0) is 22.9.